The van der Waals surface area contributed by atoms with Gasteiger partial charge in [-0.05, 0) is 39.0 Å². The van der Waals surface area contributed by atoms with Crippen LogP contribution in [0.1, 0.15) is 47.0 Å². The van der Waals surface area contributed by atoms with Gasteiger partial charge in [0, 0.05) is 13.1 Å². The Morgan fingerprint density at radius 1 is 1.28 bits per heavy atom. The minimum absolute atomic E-state index is 0.119. The topological polar surface area (TPSA) is 49.8 Å². The molecule has 1 heterocycles. The fourth-order valence-electron chi connectivity index (χ4n) is 2.36. The molecule has 0 aromatic carbocycles. The Labute approximate surface area is 110 Å². The van der Waals surface area contributed by atoms with Crippen LogP contribution in [0.25, 0.3) is 0 Å². The van der Waals surface area contributed by atoms with E-state index >= 15 is 0 Å². The van der Waals surface area contributed by atoms with Gasteiger partial charge in [-0.1, -0.05) is 13.8 Å². The van der Waals surface area contributed by atoms with Crippen molar-refractivity contribution in [1.29, 1.82) is 0 Å². The monoisotopic (exact) mass is 257 g/mol. The summed E-state index contributed by atoms with van der Waals surface area (Å²) in [6, 6.07) is 0. The van der Waals surface area contributed by atoms with E-state index in [4.69, 9.17) is 4.74 Å². The van der Waals surface area contributed by atoms with Crippen molar-refractivity contribution in [2.45, 2.75) is 65.3 Å². The maximum absolute atomic E-state index is 12.0. The molecule has 1 aliphatic rings. The highest BCUT2D eigenvalue weighted by Crippen LogP contribution is 2.17. The van der Waals surface area contributed by atoms with Crippen molar-refractivity contribution in [3.63, 3.8) is 0 Å². The summed E-state index contributed by atoms with van der Waals surface area (Å²) < 4.78 is 5.74. The highest BCUT2D eigenvalue weighted by atomic mass is 16.5. The molecule has 0 aromatic heterocycles. The van der Waals surface area contributed by atoms with Crippen LogP contribution < -0.4 is 0 Å². The first kappa shape index (κ1) is 15.4. The van der Waals surface area contributed by atoms with E-state index < -0.39 is 6.10 Å². The zero-order valence-electron chi connectivity index (χ0n) is 12.1. The molecule has 4 nitrogen and oxygen atoms in total. The van der Waals surface area contributed by atoms with Crippen LogP contribution in [0.5, 0.6) is 0 Å². The minimum Gasteiger partial charge on any atom is -0.383 e. The van der Waals surface area contributed by atoms with Crippen molar-refractivity contribution < 1.29 is 14.6 Å². The predicted octanol–water partition coefficient (Wildman–Crippen LogP) is 1.81. The number of nitrogens with zero attached hydrogens (tertiary/aromatic N) is 1. The molecule has 0 unspecified atom stereocenters. The summed E-state index contributed by atoms with van der Waals surface area (Å²) >= 11 is 0. The third kappa shape index (κ3) is 4.94. The van der Waals surface area contributed by atoms with Gasteiger partial charge in [-0.25, -0.2) is 0 Å². The van der Waals surface area contributed by atoms with E-state index in [9.17, 15) is 9.90 Å². The molecule has 1 atom stereocenters. The number of carbonyl (C=O) groups is 1. The number of aliphatic hydroxyl groups excluding tert-OH is 1. The van der Waals surface area contributed by atoms with Crippen molar-refractivity contribution in [3.05, 3.63) is 0 Å². The molecule has 0 saturated carbocycles. The quantitative estimate of drug-likeness (QED) is 0.817. The summed E-state index contributed by atoms with van der Waals surface area (Å²) in [6.07, 6.45) is 1.95. The average Bonchev–Trinajstić information content (AvgIpc) is 2.27. The van der Waals surface area contributed by atoms with Gasteiger partial charge >= 0.3 is 0 Å². The van der Waals surface area contributed by atoms with E-state index in [0.29, 0.717) is 25.4 Å². The highest BCUT2D eigenvalue weighted by Gasteiger charge is 2.27. The molecule has 0 aromatic rings. The summed E-state index contributed by atoms with van der Waals surface area (Å²) in [5, 5.41) is 9.83. The molecule has 0 spiro atoms. The van der Waals surface area contributed by atoms with Crippen molar-refractivity contribution in [3.8, 4) is 0 Å². The first-order valence-corrected chi connectivity index (χ1v) is 7.02. The lowest BCUT2D eigenvalue weighted by Gasteiger charge is -2.34. The molecule has 0 radical (unpaired) electrons. The molecule has 1 rings (SSSR count). The number of piperidine rings is 1. The van der Waals surface area contributed by atoms with Crippen LogP contribution in [0.3, 0.4) is 0 Å². The molecule has 1 aliphatic heterocycles. The normalized spacial score (nSPS) is 19.6. The Kier molecular flexibility index (Phi) is 6.09. The number of ether oxygens (including phenoxy) is 1. The van der Waals surface area contributed by atoms with Crippen LogP contribution in [0.15, 0.2) is 0 Å². The van der Waals surface area contributed by atoms with Crippen molar-refractivity contribution >= 4 is 5.91 Å². The molecule has 1 amide bonds. The lowest BCUT2D eigenvalue weighted by atomic mass is 10.0. The molecule has 0 bridgehead atoms. The standard InChI is InChI=1S/C14H27NO3/c1-10(2)9-13(16)14(17)15-7-5-12(6-8-15)18-11(3)4/h10-13,16H,5-9H2,1-4H3/t13-/m0/s1. The van der Waals surface area contributed by atoms with Gasteiger partial charge in [0.1, 0.15) is 6.10 Å². The van der Waals surface area contributed by atoms with Crippen molar-refractivity contribution in [1.82, 2.24) is 4.90 Å². The van der Waals surface area contributed by atoms with Gasteiger partial charge in [-0.15, -0.1) is 0 Å². The first-order valence-electron chi connectivity index (χ1n) is 7.02. The lowest BCUT2D eigenvalue weighted by molar-refractivity contribution is -0.144. The van der Waals surface area contributed by atoms with Crippen LogP contribution >= 0.6 is 0 Å². The summed E-state index contributed by atoms with van der Waals surface area (Å²) in [5.41, 5.74) is 0. The number of amides is 1. The molecule has 0 aliphatic carbocycles. The zero-order valence-corrected chi connectivity index (χ0v) is 12.1. The molecule has 4 heteroatoms. The number of likely N-dealkylation sites (tertiary alicyclic amines) is 1. The second kappa shape index (κ2) is 7.10. The molecular weight excluding hydrogens is 230 g/mol. The third-order valence-corrected chi connectivity index (χ3v) is 3.20. The van der Waals surface area contributed by atoms with E-state index in [1.807, 2.05) is 27.7 Å². The van der Waals surface area contributed by atoms with Crippen LogP contribution in [0.2, 0.25) is 0 Å². The summed E-state index contributed by atoms with van der Waals surface area (Å²) in [5.74, 6) is 0.220. The van der Waals surface area contributed by atoms with Gasteiger partial charge in [0.2, 0.25) is 0 Å². The zero-order chi connectivity index (χ0) is 13.7. The van der Waals surface area contributed by atoms with Crippen LogP contribution in [-0.2, 0) is 9.53 Å². The smallest absolute Gasteiger partial charge is 0.251 e. The second-order valence-electron chi connectivity index (χ2n) is 5.85. The van der Waals surface area contributed by atoms with Crippen molar-refractivity contribution in [2.75, 3.05) is 13.1 Å². The number of carbonyl (C=O) groups excluding carboxylic acids is 1. The minimum atomic E-state index is -0.840. The van der Waals surface area contributed by atoms with Gasteiger partial charge in [-0.2, -0.15) is 0 Å². The van der Waals surface area contributed by atoms with E-state index in [0.717, 1.165) is 12.8 Å². The lowest BCUT2D eigenvalue weighted by Crippen LogP contribution is -2.46. The van der Waals surface area contributed by atoms with Gasteiger partial charge in [0.15, 0.2) is 0 Å². The number of rotatable bonds is 5. The highest BCUT2D eigenvalue weighted by molar-refractivity contribution is 5.80. The fourth-order valence-corrected chi connectivity index (χ4v) is 2.36. The maximum Gasteiger partial charge on any atom is 0.251 e. The Hall–Kier alpha value is -0.610. The molecular formula is C14H27NO3. The Bertz CT molecular complexity index is 258. The maximum atomic E-state index is 12.0. The Morgan fingerprint density at radius 2 is 1.83 bits per heavy atom. The van der Waals surface area contributed by atoms with E-state index in [2.05, 4.69) is 0 Å². The summed E-state index contributed by atoms with van der Waals surface area (Å²) in [7, 11) is 0. The van der Waals surface area contributed by atoms with Gasteiger partial charge < -0.3 is 14.7 Å². The summed E-state index contributed by atoms with van der Waals surface area (Å²) in [4.78, 5) is 13.8. The molecule has 1 N–H and O–H groups in total. The third-order valence-electron chi connectivity index (χ3n) is 3.20. The number of hydrogen-bond acceptors (Lipinski definition) is 3. The van der Waals surface area contributed by atoms with E-state index in [-0.39, 0.29) is 18.1 Å². The SMILES string of the molecule is CC(C)C[C@H](O)C(=O)N1CCC(OC(C)C)CC1. The Balaban J connectivity index is 2.35. The first-order chi connectivity index (χ1) is 8.40. The van der Waals surface area contributed by atoms with Gasteiger partial charge in [0.05, 0.1) is 12.2 Å². The molecule has 1 saturated heterocycles. The fraction of sp³-hybridized carbons (Fsp3) is 0.929. The molecule has 1 fully saturated rings. The van der Waals surface area contributed by atoms with Gasteiger partial charge in [0.25, 0.3) is 5.91 Å². The number of hydrogen-bond donors (Lipinski definition) is 1. The van der Waals surface area contributed by atoms with Gasteiger partial charge in [-0.3, -0.25) is 4.79 Å². The largest absolute Gasteiger partial charge is 0.383 e. The summed E-state index contributed by atoms with van der Waals surface area (Å²) in [6.45, 7) is 9.49. The number of aliphatic hydroxyl groups is 1. The average molecular weight is 257 g/mol. The van der Waals surface area contributed by atoms with Crippen molar-refractivity contribution in [2.24, 2.45) is 5.92 Å². The van der Waals surface area contributed by atoms with E-state index in [1.165, 1.54) is 0 Å². The van der Waals surface area contributed by atoms with Crippen LogP contribution in [0, 0.1) is 5.92 Å². The molecule has 106 valence electrons. The molecule has 18 heavy (non-hydrogen) atoms. The van der Waals surface area contributed by atoms with E-state index in [1.54, 1.807) is 4.90 Å². The second-order valence-corrected chi connectivity index (χ2v) is 5.85. The van der Waals surface area contributed by atoms with Crippen LogP contribution in [-0.4, -0.2) is 47.3 Å². The van der Waals surface area contributed by atoms with Crippen LogP contribution in [0.4, 0.5) is 0 Å². The Morgan fingerprint density at radius 3 is 2.28 bits per heavy atom. The predicted molar refractivity (Wildman–Crippen MR) is 71.3 cm³/mol.